The van der Waals surface area contributed by atoms with Gasteiger partial charge in [0.1, 0.15) is 18.1 Å². The Balaban J connectivity index is 1.60. The van der Waals surface area contributed by atoms with Gasteiger partial charge in [-0.2, -0.15) is 9.78 Å². The summed E-state index contributed by atoms with van der Waals surface area (Å²) in [6.07, 6.45) is -0.164. The Hall–Kier alpha value is -3.33. The van der Waals surface area contributed by atoms with Gasteiger partial charge in [0.25, 0.3) is 0 Å². The quantitative estimate of drug-likeness (QED) is 0.586. The second-order valence-corrected chi connectivity index (χ2v) is 7.38. The lowest BCUT2D eigenvalue weighted by atomic mass is 10.1. The van der Waals surface area contributed by atoms with Crippen LogP contribution in [0.4, 0.5) is 0 Å². The van der Waals surface area contributed by atoms with Crippen molar-refractivity contribution in [2.45, 2.75) is 23.4 Å². The molecule has 9 heteroatoms. The lowest BCUT2D eigenvalue weighted by Gasteiger charge is -2.23. The minimum absolute atomic E-state index is 0.163. The fraction of sp³-hybridized carbons (Fsp3) is 0.200. The van der Waals surface area contributed by atoms with E-state index in [1.54, 1.807) is 36.1 Å². The number of carbonyl (C=O) groups excluding carboxylic acids is 1. The molecule has 0 radical (unpaired) electrons. The second kappa shape index (κ2) is 8.36. The van der Waals surface area contributed by atoms with Crippen LogP contribution < -0.4 is 14.6 Å². The maximum Gasteiger partial charge on any atom is 0.212 e. The van der Waals surface area contributed by atoms with Crippen molar-refractivity contribution >= 4 is 23.4 Å². The van der Waals surface area contributed by atoms with Gasteiger partial charge in [-0.3, -0.25) is 0 Å². The molecule has 3 aromatic rings. The monoisotopic (exact) mass is 409 g/mol. The van der Waals surface area contributed by atoms with Crippen molar-refractivity contribution in [1.82, 2.24) is 14.9 Å². The molecule has 0 saturated heterocycles. The third-order valence-electron chi connectivity index (χ3n) is 4.29. The number of ether oxygens (including phenoxy) is 2. The summed E-state index contributed by atoms with van der Waals surface area (Å²) in [6.45, 7) is 0.163. The Kier molecular flexibility index (Phi) is 5.48. The van der Waals surface area contributed by atoms with Crippen molar-refractivity contribution in [3.05, 3.63) is 66.0 Å². The molecule has 0 bridgehead atoms. The third-order valence-corrected chi connectivity index (χ3v) is 5.43. The van der Waals surface area contributed by atoms with E-state index in [9.17, 15) is 9.90 Å². The van der Waals surface area contributed by atoms with Crippen molar-refractivity contribution in [2.75, 3.05) is 7.11 Å². The van der Waals surface area contributed by atoms with E-state index in [1.165, 1.54) is 11.8 Å². The molecular formula is C20H17N4O4S-. The van der Waals surface area contributed by atoms with Crippen LogP contribution in [0.5, 0.6) is 11.5 Å². The minimum atomic E-state index is -1.14. The SMILES string of the molecule is COc1ccc(OCc2nnc3n2N=C(c2ccccc2)[C@H](CC(=O)[O-])S3)cc1. The van der Waals surface area contributed by atoms with Crippen LogP contribution in [0.3, 0.4) is 0 Å². The number of aliphatic carboxylic acids is 1. The molecule has 0 saturated carbocycles. The minimum Gasteiger partial charge on any atom is -0.550 e. The first-order valence-electron chi connectivity index (χ1n) is 8.86. The highest BCUT2D eigenvalue weighted by Crippen LogP contribution is 2.32. The summed E-state index contributed by atoms with van der Waals surface area (Å²) in [5, 5.41) is 24.3. The number of carboxylic acid groups (broad SMARTS) is 1. The highest BCUT2D eigenvalue weighted by Gasteiger charge is 2.29. The molecule has 0 aliphatic carbocycles. The highest BCUT2D eigenvalue weighted by atomic mass is 32.2. The largest absolute Gasteiger partial charge is 0.550 e. The van der Waals surface area contributed by atoms with Gasteiger partial charge >= 0.3 is 0 Å². The number of fused-ring (bicyclic) bond motifs is 1. The number of benzene rings is 2. The molecule has 1 aliphatic heterocycles. The number of hydrogen-bond donors (Lipinski definition) is 0. The van der Waals surface area contributed by atoms with Crippen LogP contribution in [0.1, 0.15) is 17.8 Å². The zero-order valence-corrected chi connectivity index (χ0v) is 16.3. The molecule has 0 fully saturated rings. The van der Waals surface area contributed by atoms with Gasteiger partial charge in [0.15, 0.2) is 5.82 Å². The van der Waals surface area contributed by atoms with Gasteiger partial charge in [0.05, 0.1) is 18.1 Å². The Labute approximate surface area is 171 Å². The zero-order chi connectivity index (χ0) is 20.2. The van der Waals surface area contributed by atoms with E-state index in [1.807, 2.05) is 30.3 Å². The molecule has 2 heterocycles. The molecule has 1 aliphatic rings. The van der Waals surface area contributed by atoms with Crippen LogP contribution in [0, 0.1) is 0 Å². The summed E-state index contributed by atoms with van der Waals surface area (Å²) in [5.41, 5.74) is 1.48. The smallest absolute Gasteiger partial charge is 0.212 e. The molecule has 1 aromatic heterocycles. The molecule has 148 valence electrons. The van der Waals surface area contributed by atoms with Crippen LogP contribution in [-0.4, -0.2) is 38.9 Å². The van der Waals surface area contributed by atoms with Gasteiger partial charge in [0.2, 0.25) is 5.16 Å². The number of nitrogens with zero attached hydrogens (tertiary/aromatic N) is 4. The molecule has 1 atom stereocenters. The first-order chi connectivity index (χ1) is 14.1. The number of rotatable bonds is 7. The van der Waals surface area contributed by atoms with Crippen LogP contribution in [0.25, 0.3) is 0 Å². The molecule has 0 N–H and O–H groups in total. The Morgan fingerprint density at radius 3 is 2.52 bits per heavy atom. The van der Waals surface area contributed by atoms with Crippen molar-refractivity contribution in [3.63, 3.8) is 0 Å². The number of hydrogen-bond acceptors (Lipinski definition) is 8. The van der Waals surface area contributed by atoms with E-state index in [0.29, 0.717) is 22.4 Å². The van der Waals surface area contributed by atoms with Gasteiger partial charge < -0.3 is 19.4 Å². The molecule has 8 nitrogen and oxygen atoms in total. The Morgan fingerprint density at radius 1 is 1.10 bits per heavy atom. The summed E-state index contributed by atoms with van der Waals surface area (Å²) >= 11 is 1.30. The molecule has 0 unspecified atom stereocenters. The average molecular weight is 409 g/mol. The fourth-order valence-corrected chi connectivity index (χ4v) is 3.98. The lowest BCUT2D eigenvalue weighted by Crippen LogP contribution is -2.33. The van der Waals surface area contributed by atoms with Crippen LogP contribution >= 0.6 is 11.8 Å². The van der Waals surface area contributed by atoms with Crippen molar-refractivity contribution in [1.29, 1.82) is 0 Å². The number of aromatic nitrogens is 3. The standard InChI is InChI=1S/C20H18N4O4S/c1-27-14-7-9-15(10-8-14)28-12-17-21-22-20-24(17)23-19(13-5-3-2-4-6-13)16(29-20)11-18(25)26/h2-10,16H,11-12H2,1H3,(H,25,26)/p-1/t16-/m0/s1. The first-order valence-corrected chi connectivity index (χ1v) is 9.74. The van der Waals surface area contributed by atoms with Gasteiger partial charge in [-0.1, -0.05) is 42.1 Å². The molecule has 0 spiro atoms. The van der Waals surface area contributed by atoms with E-state index in [2.05, 4.69) is 15.3 Å². The summed E-state index contributed by atoms with van der Waals surface area (Å²) in [5.74, 6) is 0.782. The van der Waals surface area contributed by atoms with Gasteiger partial charge in [0, 0.05) is 12.4 Å². The zero-order valence-electron chi connectivity index (χ0n) is 15.5. The average Bonchev–Trinajstić information content (AvgIpc) is 3.14. The van der Waals surface area contributed by atoms with Gasteiger partial charge in [-0.15, -0.1) is 10.2 Å². The van der Waals surface area contributed by atoms with Crippen molar-refractivity contribution < 1.29 is 19.4 Å². The summed E-state index contributed by atoms with van der Waals surface area (Å²) in [6, 6.07) is 16.7. The normalized spacial score (nSPS) is 15.3. The third kappa shape index (κ3) is 4.24. The second-order valence-electron chi connectivity index (χ2n) is 6.21. The molecular weight excluding hydrogens is 392 g/mol. The Morgan fingerprint density at radius 2 is 1.83 bits per heavy atom. The van der Waals surface area contributed by atoms with E-state index in [0.717, 1.165) is 11.3 Å². The van der Waals surface area contributed by atoms with Crippen LogP contribution in [0.2, 0.25) is 0 Å². The number of thioether (sulfide) groups is 1. The summed E-state index contributed by atoms with van der Waals surface area (Å²) in [7, 11) is 1.60. The highest BCUT2D eigenvalue weighted by molar-refractivity contribution is 8.00. The number of methoxy groups -OCH3 is 1. The predicted octanol–water partition coefficient (Wildman–Crippen LogP) is 1.73. The molecule has 4 rings (SSSR count). The van der Waals surface area contributed by atoms with E-state index in [4.69, 9.17) is 9.47 Å². The van der Waals surface area contributed by atoms with E-state index in [-0.39, 0.29) is 13.0 Å². The number of carboxylic acids is 1. The number of carbonyl (C=O) groups is 1. The first kappa shape index (κ1) is 19.0. The molecule has 0 amide bonds. The Bertz CT molecular complexity index is 1030. The van der Waals surface area contributed by atoms with E-state index >= 15 is 0 Å². The van der Waals surface area contributed by atoms with Gasteiger partial charge in [-0.25, -0.2) is 0 Å². The summed E-state index contributed by atoms with van der Waals surface area (Å²) < 4.78 is 12.5. The summed E-state index contributed by atoms with van der Waals surface area (Å²) in [4.78, 5) is 11.2. The molecule has 2 aromatic carbocycles. The van der Waals surface area contributed by atoms with Crippen molar-refractivity contribution in [3.8, 4) is 11.5 Å². The lowest BCUT2D eigenvalue weighted by molar-refractivity contribution is -0.305. The van der Waals surface area contributed by atoms with Gasteiger partial charge in [-0.05, 0) is 29.8 Å². The van der Waals surface area contributed by atoms with Crippen LogP contribution in [0.15, 0.2) is 64.9 Å². The predicted molar refractivity (Wildman–Crippen MR) is 105 cm³/mol. The molecule has 29 heavy (non-hydrogen) atoms. The fourth-order valence-electron chi connectivity index (χ4n) is 2.88. The van der Waals surface area contributed by atoms with E-state index < -0.39 is 11.2 Å². The van der Waals surface area contributed by atoms with Crippen molar-refractivity contribution in [2.24, 2.45) is 5.10 Å². The van der Waals surface area contributed by atoms with Crippen LogP contribution in [-0.2, 0) is 11.4 Å². The maximum atomic E-state index is 11.2. The topological polar surface area (TPSA) is 102 Å². The maximum absolute atomic E-state index is 11.2.